The maximum absolute atomic E-state index is 13.0. The molecule has 1 saturated heterocycles. The van der Waals surface area contributed by atoms with E-state index in [0.29, 0.717) is 10.4 Å². The van der Waals surface area contributed by atoms with Gasteiger partial charge < -0.3 is 27.4 Å². The number of hydrogen-bond donors (Lipinski definition) is 6. The van der Waals surface area contributed by atoms with E-state index in [2.05, 4.69) is 16.0 Å². The number of carbonyl (C=O) groups excluding carboxylic acids is 4. The van der Waals surface area contributed by atoms with E-state index in [1.165, 1.54) is 11.3 Å². The van der Waals surface area contributed by atoms with Gasteiger partial charge in [-0.25, -0.2) is 0 Å². The smallest absolute Gasteiger partial charge is 0.258 e. The van der Waals surface area contributed by atoms with Gasteiger partial charge >= 0.3 is 0 Å². The van der Waals surface area contributed by atoms with Gasteiger partial charge in [0.2, 0.25) is 17.7 Å². The lowest BCUT2D eigenvalue weighted by Gasteiger charge is -2.28. The van der Waals surface area contributed by atoms with Gasteiger partial charge in [-0.1, -0.05) is 18.2 Å². The molecule has 8 N–H and O–H groups in total. The van der Waals surface area contributed by atoms with Gasteiger partial charge in [-0.05, 0) is 30.2 Å². The van der Waals surface area contributed by atoms with Crippen LogP contribution < -0.4 is 27.4 Å². The second-order valence-electron chi connectivity index (χ2n) is 7.51. The molecule has 10 nitrogen and oxygen atoms in total. The van der Waals surface area contributed by atoms with Gasteiger partial charge in [-0.2, -0.15) is 0 Å². The summed E-state index contributed by atoms with van der Waals surface area (Å²) in [5.41, 5.74) is 10.8. The Morgan fingerprint density at radius 2 is 1.94 bits per heavy atom. The zero-order chi connectivity index (χ0) is 23.3. The largest absolute Gasteiger partial charge is 0.384 e. The van der Waals surface area contributed by atoms with Crippen LogP contribution in [0.4, 0.5) is 0 Å². The van der Waals surface area contributed by atoms with E-state index < -0.39 is 23.3 Å². The minimum absolute atomic E-state index is 0.0915. The van der Waals surface area contributed by atoms with Crippen LogP contribution in [0.25, 0.3) is 0 Å². The van der Waals surface area contributed by atoms with Gasteiger partial charge in [0.05, 0.1) is 18.0 Å². The van der Waals surface area contributed by atoms with Gasteiger partial charge in [-0.3, -0.25) is 24.6 Å². The number of carbonyl (C=O) groups is 4. The van der Waals surface area contributed by atoms with E-state index in [1.807, 2.05) is 0 Å². The molecule has 0 saturated carbocycles. The summed E-state index contributed by atoms with van der Waals surface area (Å²) in [4.78, 5) is 49.4. The third-order valence-electron chi connectivity index (χ3n) is 5.11. The normalized spacial score (nSPS) is 17.4. The highest BCUT2D eigenvalue weighted by molar-refractivity contribution is 7.14. The molecule has 1 aliphatic heterocycles. The molecule has 1 atom stereocenters. The van der Waals surface area contributed by atoms with Crippen molar-refractivity contribution >= 4 is 40.8 Å². The summed E-state index contributed by atoms with van der Waals surface area (Å²) in [7, 11) is 0. The van der Waals surface area contributed by atoms with Crippen LogP contribution in [0.1, 0.15) is 38.5 Å². The fourth-order valence-electron chi connectivity index (χ4n) is 3.48. The van der Waals surface area contributed by atoms with Crippen LogP contribution in [0.2, 0.25) is 0 Å². The number of primary amides is 1. The first-order valence-electron chi connectivity index (χ1n) is 9.86. The molecule has 0 radical (unpaired) electrons. The van der Waals surface area contributed by atoms with E-state index >= 15 is 0 Å². The third kappa shape index (κ3) is 5.49. The van der Waals surface area contributed by atoms with Gasteiger partial charge in [0.25, 0.3) is 5.91 Å². The first-order valence-corrected chi connectivity index (χ1v) is 10.7. The van der Waals surface area contributed by atoms with Crippen molar-refractivity contribution in [3.05, 3.63) is 57.3 Å². The predicted molar refractivity (Wildman–Crippen MR) is 119 cm³/mol. The van der Waals surface area contributed by atoms with Crippen LogP contribution in [0.15, 0.2) is 36.4 Å². The van der Waals surface area contributed by atoms with Crippen molar-refractivity contribution in [3.8, 4) is 0 Å². The third-order valence-corrected chi connectivity index (χ3v) is 6.21. The Kier molecular flexibility index (Phi) is 6.89. The summed E-state index contributed by atoms with van der Waals surface area (Å²) in [6.45, 7) is -0.0651. The second-order valence-corrected chi connectivity index (χ2v) is 8.68. The van der Waals surface area contributed by atoms with Crippen LogP contribution in [-0.2, 0) is 27.3 Å². The predicted octanol–water partition coefficient (Wildman–Crippen LogP) is -0.245. The van der Waals surface area contributed by atoms with E-state index in [1.54, 1.807) is 36.4 Å². The average Bonchev–Trinajstić information content (AvgIpc) is 3.38. The van der Waals surface area contributed by atoms with Crippen molar-refractivity contribution in [2.75, 3.05) is 6.54 Å². The highest BCUT2D eigenvalue weighted by Crippen LogP contribution is 2.26. The standard InChI is InChI=1S/C21H24N6O4S/c22-18(23)13-3-1-2-12(8-13)9-21(7-6-16(28)27-21)20(31)26-11-17(29)25-10-14-4-5-15(32-14)19(24)30/h1-5,8H,6-7,9-11H2,(H3,22,23)(H2,24,30)(H,25,29)(H,26,31)(H,27,28). The van der Waals surface area contributed by atoms with Crippen molar-refractivity contribution in [2.45, 2.75) is 31.3 Å². The van der Waals surface area contributed by atoms with Crippen molar-refractivity contribution in [2.24, 2.45) is 11.5 Å². The lowest BCUT2D eigenvalue weighted by Crippen LogP contribution is -2.57. The highest BCUT2D eigenvalue weighted by atomic mass is 32.1. The quantitative estimate of drug-likeness (QED) is 0.224. The van der Waals surface area contributed by atoms with Gasteiger partial charge in [0.1, 0.15) is 11.4 Å². The molecule has 0 aliphatic carbocycles. The molecular formula is C21H24N6O4S. The molecule has 1 unspecified atom stereocenters. The number of nitrogens with two attached hydrogens (primary N) is 2. The fourth-order valence-corrected chi connectivity index (χ4v) is 4.28. The van der Waals surface area contributed by atoms with E-state index in [0.717, 1.165) is 10.4 Å². The molecule has 4 amide bonds. The summed E-state index contributed by atoms with van der Waals surface area (Å²) < 4.78 is 0. The Bertz CT molecular complexity index is 1080. The van der Waals surface area contributed by atoms with Crippen LogP contribution in [0.3, 0.4) is 0 Å². The summed E-state index contributed by atoms with van der Waals surface area (Å²) in [5.74, 6) is -1.73. The van der Waals surface area contributed by atoms with E-state index in [4.69, 9.17) is 16.9 Å². The Morgan fingerprint density at radius 3 is 2.56 bits per heavy atom. The molecule has 168 valence electrons. The van der Waals surface area contributed by atoms with Crippen molar-refractivity contribution in [3.63, 3.8) is 0 Å². The number of rotatable bonds is 9. The van der Waals surface area contributed by atoms with Crippen LogP contribution >= 0.6 is 11.3 Å². The summed E-state index contributed by atoms with van der Waals surface area (Å²) in [6.07, 6.45) is 0.694. The number of hydrogen-bond acceptors (Lipinski definition) is 6. The summed E-state index contributed by atoms with van der Waals surface area (Å²) in [6, 6.07) is 10.2. The topological polar surface area (TPSA) is 180 Å². The van der Waals surface area contributed by atoms with Crippen molar-refractivity contribution < 1.29 is 19.2 Å². The molecule has 11 heteroatoms. The second kappa shape index (κ2) is 9.60. The van der Waals surface area contributed by atoms with Crippen molar-refractivity contribution in [1.82, 2.24) is 16.0 Å². The average molecular weight is 457 g/mol. The maximum Gasteiger partial charge on any atom is 0.258 e. The lowest BCUT2D eigenvalue weighted by molar-refractivity contribution is -0.131. The molecule has 1 aromatic heterocycles. The molecule has 0 bridgehead atoms. The zero-order valence-electron chi connectivity index (χ0n) is 17.2. The number of thiophene rings is 1. The van der Waals surface area contributed by atoms with Crippen LogP contribution in [0.5, 0.6) is 0 Å². The zero-order valence-corrected chi connectivity index (χ0v) is 18.0. The molecule has 32 heavy (non-hydrogen) atoms. The molecule has 1 fully saturated rings. The van der Waals surface area contributed by atoms with E-state index in [-0.39, 0.29) is 44.1 Å². The fraction of sp³-hybridized carbons (Fsp3) is 0.286. The van der Waals surface area contributed by atoms with Crippen LogP contribution in [-0.4, -0.2) is 41.5 Å². The number of benzene rings is 1. The highest BCUT2D eigenvalue weighted by Gasteiger charge is 2.44. The Labute approximate surface area is 188 Å². The minimum Gasteiger partial charge on any atom is -0.384 e. The van der Waals surface area contributed by atoms with Gasteiger partial charge in [0.15, 0.2) is 0 Å². The van der Waals surface area contributed by atoms with Gasteiger partial charge in [0, 0.05) is 23.3 Å². The SMILES string of the molecule is N=C(N)c1cccc(CC2(C(=O)NCC(=O)NCc3ccc(C(N)=O)s3)CCC(=O)N2)c1. The molecule has 2 aromatic rings. The molecular weight excluding hydrogens is 432 g/mol. The Hall–Kier alpha value is -3.73. The molecule has 0 spiro atoms. The number of nitrogens with one attached hydrogen (secondary N) is 4. The lowest BCUT2D eigenvalue weighted by atomic mass is 9.87. The Balaban J connectivity index is 1.60. The number of nitrogen functional groups attached to an aromatic ring is 1. The number of amides is 4. The van der Waals surface area contributed by atoms with Crippen molar-refractivity contribution in [1.29, 1.82) is 5.41 Å². The minimum atomic E-state index is -1.18. The monoisotopic (exact) mass is 456 g/mol. The molecule has 1 aliphatic rings. The first kappa shape index (κ1) is 22.9. The summed E-state index contributed by atoms with van der Waals surface area (Å²) in [5, 5.41) is 15.6. The van der Waals surface area contributed by atoms with E-state index in [9.17, 15) is 19.2 Å². The Morgan fingerprint density at radius 1 is 1.16 bits per heavy atom. The maximum atomic E-state index is 13.0. The molecule has 1 aromatic carbocycles. The van der Waals surface area contributed by atoms with Crippen LogP contribution in [0, 0.1) is 5.41 Å². The molecule has 3 rings (SSSR count). The molecule has 2 heterocycles. The number of amidine groups is 1. The van der Waals surface area contributed by atoms with Gasteiger partial charge in [-0.15, -0.1) is 11.3 Å². The summed E-state index contributed by atoms with van der Waals surface area (Å²) >= 11 is 1.18. The first-order chi connectivity index (χ1) is 15.2.